The van der Waals surface area contributed by atoms with Crippen LogP contribution in [0, 0.1) is 24.4 Å². The number of halogens is 3. The average Bonchev–Trinajstić information content (AvgIpc) is 3.08. The molecule has 0 aliphatic carbocycles. The summed E-state index contributed by atoms with van der Waals surface area (Å²) in [6.45, 7) is 5.73. The number of methoxy groups -OCH3 is 2. The third-order valence-electron chi connectivity index (χ3n) is 9.25. The van der Waals surface area contributed by atoms with Crippen molar-refractivity contribution in [2.24, 2.45) is 0 Å². The van der Waals surface area contributed by atoms with Crippen LogP contribution in [0.25, 0.3) is 0 Å². The van der Waals surface area contributed by atoms with Crippen LogP contribution in [0.1, 0.15) is 54.5 Å². The van der Waals surface area contributed by atoms with E-state index in [-0.39, 0.29) is 29.2 Å². The molecule has 1 atom stereocenters. The zero-order valence-corrected chi connectivity index (χ0v) is 27.4. The molecule has 254 valence electrons. The molecule has 5 rings (SSSR count). The fraction of sp³-hybridized carbons (Fsp3) is 0.361. The number of hydrogen-bond donors (Lipinski definition) is 2. The van der Waals surface area contributed by atoms with E-state index in [1.165, 1.54) is 19.1 Å². The summed E-state index contributed by atoms with van der Waals surface area (Å²) in [5.74, 6) is -2.82. The molecule has 0 bridgehead atoms. The Bertz CT molecular complexity index is 1720. The second-order valence-corrected chi connectivity index (χ2v) is 12.1. The quantitative estimate of drug-likeness (QED) is 0.212. The maximum atomic E-state index is 14.6. The molecule has 0 saturated carbocycles. The normalized spacial score (nSPS) is 17.9. The van der Waals surface area contributed by atoms with Crippen molar-refractivity contribution in [2.45, 2.75) is 44.6 Å². The Morgan fingerprint density at radius 2 is 1.67 bits per heavy atom. The van der Waals surface area contributed by atoms with Gasteiger partial charge in [0.05, 0.1) is 19.8 Å². The van der Waals surface area contributed by atoms with Crippen molar-refractivity contribution in [2.75, 3.05) is 40.4 Å². The van der Waals surface area contributed by atoms with Crippen LogP contribution in [0.4, 0.5) is 22.8 Å². The van der Waals surface area contributed by atoms with Gasteiger partial charge in [-0.05, 0) is 94.2 Å². The lowest BCUT2D eigenvalue weighted by molar-refractivity contribution is -0.136. The highest BCUT2D eigenvalue weighted by molar-refractivity contribution is 6.01. The van der Waals surface area contributed by atoms with Crippen molar-refractivity contribution in [3.63, 3.8) is 0 Å². The number of amides is 4. The fourth-order valence-electron chi connectivity index (χ4n) is 6.70. The highest BCUT2D eigenvalue weighted by atomic mass is 19.2. The first kappa shape index (κ1) is 34.5. The van der Waals surface area contributed by atoms with Gasteiger partial charge in [-0.2, -0.15) is 0 Å². The maximum Gasteiger partial charge on any atom is 0.337 e. The third kappa shape index (κ3) is 6.89. The predicted molar refractivity (Wildman–Crippen MR) is 173 cm³/mol. The highest BCUT2D eigenvalue weighted by Gasteiger charge is 2.43. The maximum absolute atomic E-state index is 14.6. The summed E-state index contributed by atoms with van der Waals surface area (Å²) in [5.41, 5.74) is 2.66. The number of allylic oxidation sites excluding steroid dienone is 1. The molecule has 3 aromatic carbocycles. The molecule has 2 aliphatic rings. The predicted octanol–water partition coefficient (Wildman–Crippen LogP) is 6.12. The molecule has 0 radical (unpaired) electrons. The minimum absolute atomic E-state index is 0.0268. The average molecular weight is 665 g/mol. The van der Waals surface area contributed by atoms with Crippen molar-refractivity contribution in [3.8, 4) is 5.75 Å². The van der Waals surface area contributed by atoms with Crippen LogP contribution in [0.2, 0.25) is 0 Å². The number of benzene rings is 3. The Labute approximate surface area is 277 Å². The Morgan fingerprint density at radius 3 is 2.31 bits per heavy atom. The van der Waals surface area contributed by atoms with Gasteiger partial charge in [0.25, 0.3) is 0 Å². The number of aryl methyl sites for hydroxylation is 1. The minimum Gasteiger partial charge on any atom is -0.496 e. The number of hydrogen-bond acceptors (Lipinski definition) is 6. The first-order valence-electron chi connectivity index (χ1n) is 15.7. The summed E-state index contributed by atoms with van der Waals surface area (Å²) in [6.07, 6.45) is 1.97. The molecule has 9 nitrogen and oxygen atoms in total. The van der Waals surface area contributed by atoms with E-state index in [0.717, 1.165) is 40.8 Å². The molecule has 1 fully saturated rings. The smallest absolute Gasteiger partial charge is 0.337 e. The summed E-state index contributed by atoms with van der Waals surface area (Å²) >= 11 is 0. The first-order valence-corrected chi connectivity index (χ1v) is 15.7. The van der Waals surface area contributed by atoms with Crippen molar-refractivity contribution < 1.29 is 37.0 Å². The number of carbonyl (C=O) groups excluding carboxylic acids is 3. The summed E-state index contributed by atoms with van der Waals surface area (Å²) in [5, 5.41) is 5.22. The second kappa shape index (κ2) is 14.5. The number of nitrogens with one attached hydrogen (secondary N) is 2. The van der Waals surface area contributed by atoms with Gasteiger partial charge in [-0.15, -0.1) is 0 Å². The van der Waals surface area contributed by atoms with Crippen LogP contribution in [0.5, 0.6) is 5.75 Å². The number of piperidine rings is 1. The van der Waals surface area contributed by atoms with Gasteiger partial charge in [0.1, 0.15) is 17.6 Å². The molecule has 1 saturated heterocycles. The van der Waals surface area contributed by atoms with E-state index in [4.69, 9.17) is 9.47 Å². The minimum atomic E-state index is -1.35. The number of urea groups is 2. The molecule has 2 N–H and O–H groups in total. The third-order valence-corrected chi connectivity index (χ3v) is 9.25. The Balaban J connectivity index is 1.27. The number of imide groups is 1. The molecule has 12 heteroatoms. The number of rotatable bonds is 9. The van der Waals surface area contributed by atoms with Gasteiger partial charge in [0.15, 0.2) is 11.6 Å². The number of nitrogens with zero attached hydrogens (tertiary/aromatic N) is 2. The van der Waals surface area contributed by atoms with Crippen LogP contribution in [-0.2, 0) is 14.9 Å². The monoisotopic (exact) mass is 664 g/mol. The van der Waals surface area contributed by atoms with Crippen molar-refractivity contribution in [1.82, 2.24) is 20.4 Å². The number of carbonyl (C=O) groups is 3. The molecule has 0 spiro atoms. The van der Waals surface area contributed by atoms with Crippen molar-refractivity contribution in [1.29, 1.82) is 0 Å². The summed E-state index contributed by atoms with van der Waals surface area (Å²) in [6, 6.07) is 12.9. The van der Waals surface area contributed by atoms with Crippen LogP contribution in [-0.4, -0.2) is 68.2 Å². The van der Waals surface area contributed by atoms with E-state index >= 15 is 0 Å². The van der Waals surface area contributed by atoms with Gasteiger partial charge in [0.2, 0.25) is 0 Å². The van der Waals surface area contributed by atoms with E-state index in [1.54, 1.807) is 19.2 Å². The van der Waals surface area contributed by atoms with Crippen LogP contribution < -0.4 is 15.4 Å². The zero-order chi connectivity index (χ0) is 34.6. The lowest BCUT2D eigenvalue weighted by Crippen LogP contribution is -2.54. The first-order chi connectivity index (χ1) is 23.0. The molecule has 1 unspecified atom stereocenters. The Kier molecular flexibility index (Phi) is 10.4. The van der Waals surface area contributed by atoms with E-state index in [9.17, 15) is 27.6 Å². The van der Waals surface area contributed by atoms with Gasteiger partial charge in [-0.1, -0.05) is 35.9 Å². The molecule has 2 aliphatic heterocycles. The van der Waals surface area contributed by atoms with E-state index < -0.39 is 41.1 Å². The van der Waals surface area contributed by atoms with Gasteiger partial charge in [0, 0.05) is 23.2 Å². The molecule has 2 heterocycles. The molecule has 3 aromatic rings. The fourth-order valence-corrected chi connectivity index (χ4v) is 6.70. The van der Waals surface area contributed by atoms with Gasteiger partial charge >= 0.3 is 18.0 Å². The molecule has 4 amide bonds. The van der Waals surface area contributed by atoms with Crippen LogP contribution >= 0.6 is 0 Å². The van der Waals surface area contributed by atoms with Gasteiger partial charge in [-0.3, -0.25) is 0 Å². The SMILES string of the molecule is COC(=O)C1=C(C)NC(=O)N(C(=O)NCCCN2CCC(c3ccc(C)cc3)(c3cc(F)ccc3OC)CC2)C1c1ccc(F)c(F)c1. The topological polar surface area (TPSA) is 100 Å². The Morgan fingerprint density at radius 1 is 0.958 bits per heavy atom. The van der Waals surface area contributed by atoms with E-state index in [1.807, 2.05) is 6.92 Å². The highest BCUT2D eigenvalue weighted by Crippen LogP contribution is 2.46. The summed E-state index contributed by atoms with van der Waals surface area (Å²) < 4.78 is 53.1. The summed E-state index contributed by atoms with van der Waals surface area (Å²) in [7, 11) is 2.73. The van der Waals surface area contributed by atoms with Crippen molar-refractivity contribution in [3.05, 3.63) is 112 Å². The largest absolute Gasteiger partial charge is 0.496 e. The number of likely N-dealkylation sites (tertiary alicyclic amines) is 1. The van der Waals surface area contributed by atoms with Crippen LogP contribution in [0.3, 0.4) is 0 Å². The van der Waals surface area contributed by atoms with E-state index in [2.05, 4.69) is 39.8 Å². The lowest BCUT2D eigenvalue weighted by Gasteiger charge is -2.43. The lowest BCUT2D eigenvalue weighted by atomic mass is 9.67. The van der Waals surface area contributed by atoms with Crippen molar-refractivity contribution >= 4 is 18.0 Å². The number of ether oxygens (including phenoxy) is 2. The second-order valence-electron chi connectivity index (χ2n) is 12.1. The van der Waals surface area contributed by atoms with E-state index in [0.29, 0.717) is 44.6 Å². The van der Waals surface area contributed by atoms with Crippen LogP contribution in [0.15, 0.2) is 71.9 Å². The number of esters is 1. The molecule has 48 heavy (non-hydrogen) atoms. The summed E-state index contributed by atoms with van der Waals surface area (Å²) in [4.78, 5) is 42.3. The zero-order valence-electron chi connectivity index (χ0n) is 27.4. The standard InChI is InChI=1S/C36H39F3N4O5/c1-22-6-9-25(10-7-22)36(27-21-26(37)11-13-30(27)47-3)14-18-42(19-15-36)17-5-16-40-34(45)43-32(24-8-12-28(38)29(39)20-24)31(33(44)48-4)23(2)41-35(43)46/h6-13,20-21,32H,5,14-19H2,1-4H3,(H,40,45)(H,41,46). The molecular weight excluding hydrogens is 625 g/mol. The molecular formula is C36H39F3N4O5. The van der Waals surface area contributed by atoms with Gasteiger partial charge < -0.3 is 25.0 Å². The Hall–Kier alpha value is -4.84. The van der Waals surface area contributed by atoms with Gasteiger partial charge in [-0.25, -0.2) is 32.5 Å². The molecule has 0 aromatic heterocycles.